The van der Waals surface area contributed by atoms with Crippen molar-refractivity contribution in [1.29, 1.82) is 0 Å². The minimum absolute atomic E-state index is 0.0389. The minimum atomic E-state index is 0.0389. The van der Waals surface area contributed by atoms with E-state index in [9.17, 15) is 5.11 Å². The lowest BCUT2D eigenvalue weighted by atomic mass is 10.1. The molecule has 3 N–H and O–H groups in total. The number of fused-ring (bicyclic) bond motifs is 1. The van der Waals surface area contributed by atoms with E-state index in [0.29, 0.717) is 22.1 Å². The Morgan fingerprint density at radius 1 is 1.21 bits per heavy atom. The topological polar surface area (TPSA) is 64.1 Å². The first-order valence-electron chi connectivity index (χ1n) is 5.78. The largest absolute Gasteiger partial charge is 0.505 e. The van der Waals surface area contributed by atoms with Gasteiger partial charge in [0.05, 0.1) is 27.3 Å². The fourth-order valence-corrected chi connectivity index (χ4v) is 2.50. The van der Waals surface area contributed by atoms with Crippen molar-refractivity contribution in [3.05, 3.63) is 41.4 Å². The summed E-state index contributed by atoms with van der Waals surface area (Å²) in [4.78, 5) is 4.51. The maximum absolute atomic E-state index is 10.1. The number of phenols is 1. The van der Waals surface area contributed by atoms with Crippen molar-refractivity contribution in [2.75, 3.05) is 5.73 Å². The van der Waals surface area contributed by atoms with E-state index in [1.54, 1.807) is 18.2 Å². The fourth-order valence-electron chi connectivity index (χ4n) is 2.20. The molecule has 0 saturated carbocycles. The van der Waals surface area contributed by atoms with Gasteiger partial charge in [0, 0.05) is 7.05 Å². The molecular formula is C14H12ClN3O. The Morgan fingerprint density at radius 2 is 1.95 bits per heavy atom. The predicted octanol–water partition coefficient (Wildman–Crippen LogP) is 3.18. The molecule has 1 heterocycles. The molecule has 0 fully saturated rings. The standard InChI is InChI=1S/C14H12ClN3O/c1-18-12-9(15)5-3-7-11(12)17-14(18)8-4-2-6-10(16)13(8)19/h2-7,19H,16H2,1H3. The lowest BCUT2D eigenvalue weighted by Gasteiger charge is -2.07. The zero-order chi connectivity index (χ0) is 13.6. The molecule has 0 atom stereocenters. The highest BCUT2D eigenvalue weighted by atomic mass is 35.5. The highest BCUT2D eigenvalue weighted by Gasteiger charge is 2.15. The molecule has 3 rings (SSSR count). The maximum atomic E-state index is 10.1. The Hall–Kier alpha value is -2.20. The number of nitrogens with two attached hydrogens (primary N) is 1. The van der Waals surface area contributed by atoms with Crippen LogP contribution >= 0.6 is 11.6 Å². The van der Waals surface area contributed by atoms with Gasteiger partial charge in [-0.3, -0.25) is 0 Å². The summed E-state index contributed by atoms with van der Waals surface area (Å²) in [6, 6.07) is 10.8. The number of nitrogens with zero attached hydrogens (tertiary/aromatic N) is 2. The molecule has 0 radical (unpaired) electrons. The zero-order valence-corrected chi connectivity index (χ0v) is 11.0. The number of hydrogen-bond acceptors (Lipinski definition) is 3. The monoisotopic (exact) mass is 273 g/mol. The van der Waals surface area contributed by atoms with E-state index < -0.39 is 0 Å². The van der Waals surface area contributed by atoms with Crippen molar-refractivity contribution >= 4 is 28.3 Å². The molecule has 19 heavy (non-hydrogen) atoms. The normalized spacial score (nSPS) is 11.1. The summed E-state index contributed by atoms with van der Waals surface area (Å²) >= 11 is 6.19. The number of hydrogen-bond donors (Lipinski definition) is 2. The molecule has 1 aromatic heterocycles. The zero-order valence-electron chi connectivity index (χ0n) is 10.3. The Balaban J connectivity index is 2.35. The van der Waals surface area contributed by atoms with Crippen molar-refractivity contribution in [3.8, 4) is 17.1 Å². The molecule has 0 aliphatic heterocycles. The molecule has 0 unspecified atom stereocenters. The van der Waals surface area contributed by atoms with Gasteiger partial charge in [-0.1, -0.05) is 23.7 Å². The first kappa shape index (κ1) is 11.9. The molecule has 0 saturated heterocycles. The SMILES string of the molecule is Cn1c(-c2cccc(N)c2O)nc2cccc(Cl)c21. The number of nitrogen functional groups attached to an aromatic ring is 1. The predicted molar refractivity (Wildman–Crippen MR) is 77.2 cm³/mol. The number of phenolic OH excluding ortho intramolecular Hbond substituents is 1. The van der Waals surface area contributed by atoms with Crippen molar-refractivity contribution in [3.63, 3.8) is 0 Å². The van der Waals surface area contributed by atoms with Crippen LogP contribution in [0.3, 0.4) is 0 Å². The molecule has 3 aromatic rings. The van der Waals surface area contributed by atoms with Gasteiger partial charge in [0.1, 0.15) is 11.6 Å². The van der Waals surface area contributed by atoms with E-state index in [2.05, 4.69) is 4.98 Å². The summed E-state index contributed by atoms with van der Waals surface area (Å²) in [7, 11) is 1.86. The quantitative estimate of drug-likeness (QED) is 0.529. The van der Waals surface area contributed by atoms with Gasteiger partial charge in [0.2, 0.25) is 0 Å². The number of para-hydroxylation sites is 2. The summed E-state index contributed by atoms with van der Waals surface area (Å²) < 4.78 is 1.85. The van der Waals surface area contributed by atoms with Crippen LogP contribution in [0, 0.1) is 0 Å². The second kappa shape index (κ2) is 4.17. The molecule has 5 heteroatoms. The summed E-state index contributed by atoms with van der Waals surface area (Å²) in [5, 5.41) is 10.7. The van der Waals surface area contributed by atoms with Crippen LogP contribution in [0.2, 0.25) is 5.02 Å². The molecule has 0 aliphatic rings. The number of aromatic nitrogens is 2. The minimum Gasteiger partial charge on any atom is -0.505 e. The van der Waals surface area contributed by atoms with Gasteiger partial charge in [-0.2, -0.15) is 0 Å². The smallest absolute Gasteiger partial charge is 0.149 e. The summed E-state index contributed by atoms with van der Waals surface area (Å²) in [5.74, 6) is 0.671. The average Bonchev–Trinajstić information content (AvgIpc) is 2.72. The number of aromatic hydroxyl groups is 1. The van der Waals surface area contributed by atoms with Gasteiger partial charge < -0.3 is 15.4 Å². The Bertz CT molecular complexity index is 780. The van der Waals surface area contributed by atoms with Gasteiger partial charge in [0.15, 0.2) is 0 Å². The number of benzene rings is 2. The Kier molecular flexibility index (Phi) is 2.61. The molecule has 0 bridgehead atoms. The molecule has 0 spiro atoms. The number of anilines is 1. The Morgan fingerprint density at radius 3 is 2.68 bits per heavy atom. The van der Waals surface area contributed by atoms with E-state index in [1.807, 2.05) is 29.8 Å². The second-order valence-corrected chi connectivity index (χ2v) is 4.75. The third-order valence-corrected chi connectivity index (χ3v) is 3.46. The van der Waals surface area contributed by atoms with Crippen LogP contribution in [0.5, 0.6) is 5.75 Å². The van der Waals surface area contributed by atoms with E-state index in [-0.39, 0.29) is 5.75 Å². The van der Waals surface area contributed by atoms with Crippen molar-refractivity contribution in [1.82, 2.24) is 9.55 Å². The maximum Gasteiger partial charge on any atom is 0.149 e. The summed E-state index contributed by atoms with van der Waals surface area (Å²) in [5.41, 5.74) is 8.26. The van der Waals surface area contributed by atoms with Crippen LogP contribution in [0.25, 0.3) is 22.4 Å². The molecule has 4 nitrogen and oxygen atoms in total. The highest BCUT2D eigenvalue weighted by molar-refractivity contribution is 6.35. The van der Waals surface area contributed by atoms with Gasteiger partial charge in [-0.15, -0.1) is 0 Å². The molecule has 96 valence electrons. The third-order valence-electron chi connectivity index (χ3n) is 3.15. The third kappa shape index (κ3) is 1.72. The number of rotatable bonds is 1. The van der Waals surface area contributed by atoms with Gasteiger partial charge in [-0.25, -0.2) is 4.98 Å². The van der Waals surface area contributed by atoms with Gasteiger partial charge in [-0.05, 0) is 24.3 Å². The van der Waals surface area contributed by atoms with Gasteiger partial charge in [0.25, 0.3) is 0 Å². The number of aryl methyl sites for hydroxylation is 1. The van der Waals surface area contributed by atoms with Gasteiger partial charge >= 0.3 is 0 Å². The average molecular weight is 274 g/mol. The molecule has 0 amide bonds. The first-order chi connectivity index (χ1) is 9.09. The van der Waals surface area contributed by atoms with Crippen molar-refractivity contribution in [2.45, 2.75) is 0 Å². The van der Waals surface area contributed by atoms with Crippen molar-refractivity contribution in [2.24, 2.45) is 7.05 Å². The summed E-state index contributed by atoms with van der Waals surface area (Å²) in [6.45, 7) is 0. The van der Waals surface area contributed by atoms with Crippen LogP contribution in [0.4, 0.5) is 5.69 Å². The molecule has 2 aromatic carbocycles. The lowest BCUT2D eigenvalue weighted by molar-refractivity contribution is 0.479. The first-order valence-corrected chi connectivity index (χ1v) is 6.16. The fraction of sp³-hybridized carbons (Fsp3) is 0.0714. The Labute approximate surface area is 115 Å². The van der Waals surface area contributed by atoms with Crippen LogP contribution in [0.1, 0.15) is 0 Å². The highest BCUT2D eigenvalue weighted by Crippen LogP contribution is 2.35. The van der Waals surface area contributed by atoms with Crippen LogP contribution in [0.15, 0.2) is 36.4 Å². The van der Waals surface area contributed by atoms with Crippen molar-refractivity contribution < 1.29 is 5.11 Å². The lowest BCUT2D eigenvalue weighted by Crippen LogP contribution is -1.95. The van der Waals surface area contributed by atoms with Crippen LogP contribution in [-0.2, 0) is 7.05 Å². The number of halogens is 1. The number of imidazole rings is 1. The van der Waals surface area contributed by atoms with E-state index in [4.69, 9.17) is 17.3 Å². The van der Waals surface area contributed by atoms with Crippen LogP contribution in [-0.4, -0.2) is 14.7 Å². The van der Waals surface area contributed by atoms with E-state index in [1.165, 1.54) is 0 Å². The summed E-state index contributed by atoms with van der Waals surface area (Å²) in [6.07, 6.45) is 0. The van der Waals surface area contributed by atoms with Crippen LogP contribution < -0.4 is 5.73 Å². The van der Waals surface area contributed by atoms with E-state index >= 15 is 0 Å². The molecular weight excluding hydrogens is 262 g/mol. The second-order valence-electron chi connectivity index (χ2n) is 4.35. The van der Waals surface area contributed by atoms with E-state index in [0.717, 1.165) is 11.0 Å². The molecule has 0 aliphatic carbocycles.